The van der Waals surface area contributed by atoms with Gasteiger partial charge in [0.15, 0.2) is 0 Å². The van der Waals surface area contributed by atoms with Crippen molar-refractivity contribution in [2.24, 2.45) is 0 Å². The second kappa shape index (κ2) is 7.07. The van der Waals surface area contributed by atoms with Crippen molar-refractivity contribution in [2.75, 3.05) is 23.8 Å². The number of carboxylic acids is 1. The van der Waals surface area contributed by atoms with E-state index in [0.29, 0.717) is 5.25 Å². The van der Waals surface area contributed by atoms with Gasteiger partial charge in [-0.3, -0.25) is 10.1 Å². The summed E-state index contributed by atoms with van der Waals surface area (Å²) >= 11 is 3.89. The number of hydrogen-bond donors (Lipinski definition) is 2. The number of nitrogens with one attached hydrogen (secondary N) is 1. The summed E-state index contributed by atoms with van der Waals surface area (Å²) in [5.74, 6) is 2.68. The molecule has 1 aromatic rings. The van der Waals surface area contributed by atoms with Crippen LogP contribution in [0.1, 0.15) is 11.6 Å². The van der Waals surface area contributed by atoms with Crippen molar-refractivity contribution >= 4 is 29.5 Å². The first-order valence-electron chi connectivity index (χ1n) is 5.98. The Kier molecular flexibility index (Phi) is 5.41. The average molecular weight is 283 g/mol. The molecule has 98 valence electrons. The standard InChI is InChI=1S/C13H17NO2S2/c15-13(16)12(10-4-2-1-3-5-10)14-8-11-9-17-6-7-18-11/h1-5,11-12,14H,6-9H2,(H,15,16). The lowest BCUT2D eigenvalue weighted by Crippen LogP contribution is -2.35. The summed E-state index contributed by atoms with van der Waals surface area (Å²) in [6, 6.07) is 8.76. The zero-order chi connectivity index (χ0) is 12.8. The molecule has 0 saturated carbocycles. The average Bonchev–Trinajstić information content (AvgIpc) is 2.41. The minimum atomic E-state index is -0.810. The van der Waals surface area contributed by atoms with E-state index in [1.165, 1.54) is 11.5 Å². The van der Waals surface area contributed by atoms with Gasteiger partial charge < -0.3 is 5.11 Å². The largest absolute Gasteiger partial charge is 0.480 e. The van der Waals surface area contributed by atoms with Gasteiger partial charge in [0.05, 0.1) is 0 Å². The molecule has 1 aliphatic heterocycles. The lowest BCUT2D eigenvalue weighted by atomic mass is 10.1. The highest BCUT2D eigenvalue weighted by Crippen LogP contribution is 2.24. The first kappa shape index (κ1) is 13.8. The Bertz CT molecular complexity index is 380. The highest BCUT2D eigenvalue weighted by molar-refractivity contribution is 8.06. The first-order chi connectivity index (χ1) is 8.77. The lowest BCUT2D eigenvalue weighted by molar-refractivity contribution is -0.139. The molecular formula is C13H17NO2S2. The zero-order valence-corrected chi connectivity index (χ0v) is 11.7. The van der Waals surface area contributed by atoms with Crippen LogP contribution < -0.4 is 5.32 Å². The number of benzene rings is 1. The summed E-state index contributed by atoms with van der Waals surface area (Å²) in [6.07, 6.45) is 0. The second-order valence-electron chi connectivity index (χ2n) is 4.16. The molecule has 5 heteroatoms. The molecule has 0 radical (unpaired) electrons. The van der Waals surface area contributed by atoms with E-state index in [9.17, 15) is 9.90 Å². The van der Waals surface area contributed by atoms with E-state index in [2.05, 4.69) is 5.32 Å². The van der Waals surface area contributed by atoms with Gasteiger partial charge >= 0.3 is 5.97 Å². The summed E-state index contributed by atoms with van der Waals surface area (Å²) in [5, 5.41) is 13.0. The Labute approximate surface area is 116 Å². The predicted octanol–water partition coefficient (Wildman–Crippen LogP) is 2.25. The van der Waals surface area contributed by atoms with Gasteiger partial charge in [-0.15, -0.1) is 0 Å². The number of aliphatic carboxylic acids is 1. The van der Waals surface area contributed by atoms with Crippen LogP contribution in [0.2, 0.25) is 0 Å². The van der Waals surface area contributed by atoms with Crippen LogP contribution in [0, 0.1) is 0 Å². The molecule has 1 heterocycles. The normalized spacial score (nSPS) is 21.4. The predicted molar refractivity (Wildman–Crippen MR) is 78.4 cm³/mol. The molecule has 3 nitrogen and oxygen atoms in total. The Morgan fingerprint density at radius 2 is 2.17 bits per heavy atom. The maximum atomic E-state index is 11.3. The number of rotatable bonds is 5. The van der Waals surface area contributed by atoms with Crippen molar-refractivity contribution in [1.29, 1.82) is 0 Å². The number of hydrogen-bond acceptors (Lipinski definition) is 4. The fraction of sp³-hybridized carbons (Fsp3) is 0.462. The molecule has 0 aromatic heterocycles. The van der Waals surface area contributed by atoms with Crippen LogP contribution in [0.4, 0.5) is 0 Å². The quantitative estimate of drug-likeness (QED) is 0.868. The fourth-order valence-electron chi connectivity index (χ4n) is 1.90. The zero-order valence-electron chi connectivity index (χ0n) is 10.0. The third-order valence-corrected chi connectivity index (χ3v) is 5.66. The SMILES string of the molecule is O=C(O)C(NCC1CSCCS1)c1ccccc1. The summed E-state index contributed by atoms with van der Waals surface area (Å²) in [7, 11) is 0. The third kappa shape index (κ3) is 3.93. The van der Waals surface area contributed by atoms with Crippen molar-refractivity contribution < 1.29 is 9.90 Å². The van der Waals surface area contributed by atoms with E-state index >= 15 is 0 Å². The van der Waals surface area contributed by atoms with Crippen molar-refractivity contribution in [1.82, 2.24) is 5.32 Å². The van der Waals surface area contributed by atoms with Gasteiger partial charge in [-0.1, -0.05) is 30.3 Å². The van der Waals surface area contributed by atoms with E-state index in [-0.39, 0.29) is 0 Å². The van der Waals surface area contributed by atoms with Crippen LogP contribution in [0.3, 0.4) is 0 Å². The Morgan fingerprint density at radius 1 is 1.39 bits per heavy atom. The minimum absolute atomic E-state index is 0.523. The molecule has 1 aliphatic rings. The molecule has 0 spiro atoms. The number of carboxylic acid groups (broad SMARTS) is 1. The first-order valence-corrected chi connectivity index (χ1v) is 8.18. The van der Waals surface area contributed by atoms with Crippen molar-refractivity contribution in [2.45, 2.75) is 11.3 Å². The molecule has 1 aromatic carbocycles. The Balaban J connectivity index is 1.92. The molecular weight excluding hydrogens is 266 g/mol. The number of thioether (sulfide) groups is 2. The fourth-order valence-corrected chi connectivity index (χ4v) is 4.52. The molecule has 0 bridgehead atoms. The Morgan fingerprint density at radius 3 is 2.78 bits per heavy atom. The maximum Gasteiger partial charge on any atom is 0.325 e. The van der Waals surface area contributed by atoms with Gasteiger partial charge in [0.2, 0.25) is 0 Å². The smallest absolute Gasteiger partial charge is 0.325 e. The number of carbonyl (C=O) groups is 1. The van der Waals surface area contributed by atoms with E-state index in [1.54, 1.807) is 0 Å². The monoisotopic (exact) mass is 283 g/mol. The van der Waals surface area contributed by atoms with Crippen LogP contribution in [-0.4, -0.2) is 40.1 Å². The molecule has 2 unspecified atom stereocenters. The molecule has 2 atom stereocenters. The summed E-state index contributed by atoms with van der Waals surface area (Å²) in [6.45, 7) is 0.753. The van der Waals surface area contributed by atoms with Gasteiger partial charge in [-0.2, -0.15) is 23.5 Å². The van der Waals surface area contributed by atoms with Gasteiger partial charge in [0, 0.05) is 29.1 Å². The van der Waals surface area contributed by atoms with Crippen LogP contribution in [-0.2, 0) is 4.79 Å². The van der Waals surface area contributed by atoms with E-state index < -0.39 is 12.0 Å². The maximum absolute atomic E-state index is 11.3. The van der Waals surface area contributed by atoms with Crippen LogP contribution in [0.5, 0.6) is 0 Å². The molecule has 18 heavy (non-hydrogen) atoms. The summed E-state index contributed by atoms with van der Waals surface area (Å²) in [5.41, 5.74) is 0.818. The van der Waals surface area contributed by atoms with Crippen molar-refractivity contribution in [3.8, 4) is 0 Å². The van der Waals surface area contributed by atoms with E-state index in [4.69, 9.17) is 0 Å². The van der Waals surface area contributed by atoms with E-state index in [0.717, 1.165) is 17.9 Å². The molecule has 1 saturated heterocycles. The molecule has 1 fully saturated rings. The molecule has 0 aliphatic carbocycles. The Hall–Kier alpha value is -0.650. The second-order valence-corrected chi connectivity index (χ2v) is 6.72. The topological polar surface area (TPSA) is 49.3 Å². The molecule has 2 N–H and O–H groups in total. The van der Waals surface area contributed by atoms with Gasteiger partial charge in [-0.05, 0) is 5.56 Å². The van der Waals surface area contributed by atoms with Gasteiger partial charge in [0.25, 0.3) is 0 Å². The van der Waals surface area contributed by atoms with Crippen LogP contribution in [0.15, 0.2) is 30.3 Å². The summed E-state index contributed by atoms with van der Waals surface area (Å²) < 4.78 is 0. The minimum Gasteiger partial charge on any atom is -0.480 e. The van der Waals surface area contributed by atoms with Gasteiger partial charge in [0.1, 0.15) is 6.04 Å². The molecule has 0 amide bonds. The van der Waals surface area contributed by atoms with Crippen molar-refractivity contribution in [3.05, 3.63) is 35.9 Å². The highest BCUT2D eigenvalue weighted by atomic mass is 32.2. The van der Waals surface area contributed by atoms with E-state index in [1.807, 2.05) is 53.9 Å². The lowest BCUT2D eigenvalue weighted by Gasteiger charge is -2.23. The van der Waals surface area contributed by atoms with Gasteiger partial charge in [-0.25, -0.2) is 0 Å². The molecule has 2 rings (SSSR count). The highest BCUT2D eigenvalue weighted by Gasteiger charge is 2.21. The van der Waals surface area contributed by atoms with Crippen LogP contribution >= 0.6 is 23.5 Å². The van der Waals surface area contributed by atoms with Crippen LogP contribution in [0.25, 0.3) is 0 Å². The van der Waals surface area contributed by atoms with Crippen molar-refractivity contribution in [3.63, 3.8) is 0 Å². The summed E-state index contributed by atoms with van der Waals surface area (Å²) in [4.78, 5) is 11.3. The third-order valence-electron chi connectivity index (χ3n) is 2.81.